The van der Waals surface area contributed by atoms with Gasteiger partial charge in [-0.05, 0) is 30.5 Å². The molecule has 0 amide bonds. The number of carboxylic acid groups (broad SMARTS) is 1. The van der Waals surface area contributed by atoms with Gasteiger partial charge in [-0.2, -0.15) is 0 Å². The Balaban J connectivity index is 2.07. The molecule has 0 saturated heterocycles. The summed E-state index contributed by atoms with van der Waals surface area (Å²) >= 11 is 5.87. The van der Waals surface area contributed by atoms with E-state index >= 15 is 0 Å². The molecule has 0 aliphatic rings. The van der Waals surface area contributed by atoms with Crippen LogP contribution in [0.2, 0.25) is 5.02 Å². The van der Waals surface area contributed by atoms with Gasteiger partial charge in [-0.3, -0.25) is 0 Å². The normalized spacial score (nSPS) is 10.4. The van der Waals surface area contributed by atoms with E-state index < -0.39 is 5.97 Å². The topological polar surface area (TPSA) is 66.0 Å². The molecule has 1 heterocycles. The highest BCUT2D eigenvalue weighted by Gasteiger charge is 2.12. The van der Waals surface area contributed by atoms with E-state index in [2.05, 4.69) is 9.97 Å². The molecule has 4 nitrogen and oxygen atoms in total. The van der Waals surface area contributed by atoms with Crippen molar-refractivity contribution < 1.29 is 9.90 Å². The van der Waals surface area contributed by atoms with Crippen molar-refractivity contribution in [2.24, 2.45) is 0 Å². The summed E-state index contributed by atoms with van der Waals surface area (Å²) in [7, 11) is 0. The van der Waals surface area contributed by atoms with Crippen LogP contribution < -0.4 is 0 Å². The Kier molecular flexibility index (Phi) is 3.44. The number of aromatic amines is 1. The summed E-state index contributed by atoms with van der Waals surface area (Å²) in [5.74, 6) is -1.01. The van der Waals surface area contributed by atoms with Crippen molar-refractivity contribution in [3.8, 4) is 0 Å². The number of benzene rings is 1. The third-order valence-corrected chi connectivity index (χ3v) is 2.71. The van der Waals surface area contributed by atoms with Gasteiger partial charge in [0.25, 0.3) is 0 Å². The lowest BCUT2D eigenvalue weighted by Gasteiger charge is -2.01. The minimum Gasteiger partial charge on any atom is -0.476 e. The number of aromatic nitrogens is 2. The van der Waals surface area contributed by atoms with E-state index in [0.29, 0.717) is 17.1 Å². The molecule has 1 aromatic carbocycles. The lowest BCUT2D eigenvalue weighted by atomic mass is 10.1. The van der Waals surface area contributed by atoms with Crippen molar-refractivity contribution >= 4 is 17.6 Å². The van der Waals surface area contributed by atoms with Crippen LogP contribution in [0, 0.1) is 0 Å². The molecule has 2 N–H and O–H groups in total. The number of nitrogens with one attached hydrogen (secondary N) is 1. The summed E-state index contributed by atoms with van der Waals surface area (Å²) in [6, 6.07) is 7.52. The fraction of sp³-hybridized carbons (Fsp3) is 0.167. The van der Waals surface area contributed by atoms with Gasteiger partial charge in [0, 0.05) is 10.7 Å². The zero-order valence-electron chi connectivity index (χ0n) is 8.98. The van der Waals surface area contributed by atoms with E-state index in [4.69, 9.17) is 16.7 Å². The van der Waals surface area contributed by atoms with Crippen LogP contribution in [0.15, 0.2) is 30.6 Å². The molecular formula is C12H11ClN2O2. The Morgan fingerprint density at radius 2 is 2.24 bits per heavy atom. The van der Waals surface area contributed by atoms with E-state index in [0.717, 1.165) is 12.0 Å². The average Bonchev–Trinajstić information content (AvgIpc) is 2.74. The molecule has 0 fully saturated rings. The van der Waals surface area contributed by atoms with E-state index in [9.17, 15) is 4.79 Å². The fourth-order valence-corrected chi connectivity index (χ4v) is 1.87. The number of imidazole rings is 1. The molecule has 2 aromatic rings. The highest BCUT2D eigenvalue weighted by atomic mass is 35.5. The molecule has 0 bridgehead atoms. The Labute approximate surface area is 103 Å². The first kappa shape index (κ1) is 11.7. The van der Waals surface area contributed by atoms with Crippen LogP contribution in [0.1, 0.15) is 21.7 Å². The summed E-state index contributed by atoms with van der Waals surface area (Å²) < 4.78 is 0. The molecule has 0 saturated carbocycles. The van der Waals surface area contributed by atoms with Gasteiger partial charge >= 0.3 is 5.97 Å². The van der Waals surface area contributed by atoms with Crippen LogP contribution in [0.3, 0.4) is 0 Å². The first-order chi connectivity index (χ1) is 8.16. The van der Waals surface area contributed by atoms with E-state index in [1.165, 1.54) is 6.33 Å². The van der Waals surface area contributed by atoms with E-state index in [-0.39, 0.29) is 5.69 Å². The Morgan fingerprint density at radius 1 is 1.41 bits per heavy atom. The van der Waals surface area contributed by atoms with Gasteiger partial charge in [-0.25, -0.2) is 9.78 Å². The summed E-state index contributed by atoms with van der Waals surface area (Å²) in [5, 5.41) is 9.58. The summed E-state index contributed by atoms with van der Waals surface area (Å²) in [6.45, 7) is 0. The number of carbonyl (C=O) groups is 1. The van der Waals surface area contributed by atoms with Gasteiger partial charge in [0.15, 0.2) is 5.69 Å². The molecule has 2 rings (SSSR count). The molecule has 0 aliphatic carbocycles. The van der Waals surface area contributed by atoms with Gasteiger partial charge in [-0.1, -0.05) is 23.7 Å². The molecule has 88 valence electrons. The third kappa shape index (κ3) is 2.85. The second kappa shape index (κ2) is 5.01. The number of rotatable bonds is 4. The molecule has 0 unspecified atom stereocenters. The molecule has 1 aromatic heterocycles. The Morgan fingerprint density at radius 3 is 2.94 bits per heavy atom. The lowest BCUT2D eigenvalue weighted by molar-refractivity contribution is 0.0690. The second-order valence-corrected chi connectivity index (χ2v) is 4.10. The molecule has 0 aliphatic heterocycles. The fourth-order valence-electron chi connectivity index (χ4n) is 1.66. The number of aromatic carboxylic acids is 1. The second-order valence-electron chi connectivity index (χ2n) is 3.66. The van der Waals surface area contributed by atoms with Crippen molar-refractivity contribution in [1.82, 2.24) is 9.97 Å². The predicted molar refractivity (Wildman–Crippen MR) is 64.4 cm³/mol. The number of H-pyrrole nitrogens is 1. The van der Waals surface area contributed by atoms with Crippen LogP contribution in [-0.4, -0.2) is 21.0 Å². The zero-order valence-corrected chi connectivity index (χ0v) is 9.74. The lowest BCUT2D eigenvalue weighted by Crippen LogP contribution is -2.03. The number of hydrogen-bond acceptors (Lipinski definition) is 2. The first-order valence-electron chi connectivity index (χ1n) is 5.17. The summed E-state index contributed by atoms with van der Waals surface area (Å²) in [6.07, 6.45) is 2.72. The van der Waals surface area contributed by atoms with Gasteiger partial charge in [0.05, 0.1) is 6.33 Å². The largest absolute Gasteiger partial charge is 0.476 e. The van der Waals surface area contributed by atoms with Crippen molar-refractivity contribution in [1.29, 1.82) is 0 Å². The minimum atomic E-state index is -1.01. The van der Waals surface area contributed by atoms with Crippen LogP contribution in [0.4, 0.5) is 0 Å². The molecule has 0 radical (unpaired) electrons. The third-order valence-electron chi connectivity index (χ3n) is 2.47. The van der Waals surface area contributed by atoms with Crippen LogP contribution in [-0.2, 0) is 12.8 Å². The summed E-state index contributed by atoms with van der Waals surface area (Å²) in [4.78, 5) is 17.5. The van der Waals surface area contributed by atoms with E-state index in [1.54, 1.807) is 0 Å². The number of halogens is 1. The Hall–Kier alpha value is -1.81. The maximum absolute atomic E-state index is 10.8. The SMILES string of the molecule is O=C(O)c1nc[nH]c1CCc1cccc(Cl)c1. The average molecular weight is 251 g/mol. The van der Waals surface area contributed by atoms with E-state index in [1.807, 2.05) is 24.3 Å². The van der Waals surface area contributed by atoms with Gasteiger partial charge in [-0.15, -0.1) is 0 Å². The quantitative estimate of drug-likeness (QED) is 0.876. The van der Waals surface area contributed by atoms with Crippen molar-refractivity contribution in [3.63, 3.8) is 0 Å². The van der Waals surface area contributed by atoms with Crippen LogP contribution in [0.25, 0.3) is 0 Å². The number of hydrogen-bond donors (Lipinski definition) is 2. The minimum absolute atomic E-state index is 0.0898. The maximum atomic E-state index is 10.8. The highest BCUT2D eigenvalue weighted by Crippen LogP contribution is 2.13. The Bertz CT molecular complexity index is 537. The smallest absolute Gasteiger partial charge is 0.356 e. The molecule has 17 heavy (non-hydrogen) atoms. The number of nitrogens with zero attached hydrogens (tertiary/aromatic N) is 1. The monoisotopic (exact) mass is 250 g/mol. The molecule has 0 atom stereocenters. The first-order valence-corrected chi connectivity index (χ1v) is 5.54. The standard InChI is InChI=1S/C12H11ClN2O2/c13-9-3-1-2-8(6-9)4-5-10-11(12(16)17)15-7-14-10/h1-3,6-7H,4-5H2,(H,14,15)(H,16,17). The van der Waals surface area contributed by atoms with Crippen molar-refractivity contribution in [2.75, 3.05) is 0 Å². The highest BCUT2D eigenvalue weighted by molar-refractivity contribution is 6.30. The van der Waals surface area contributed by atoms with Gasteiger partial charge in [0.1, 0.15) is 0 Å². The zero-order chi connectivity index (χ0) is 12.3. The van der Waals surface area contributed by atoms with Crippen molar-refractivity contribution in [3.05, 3.63) is 52.6 Å². The number of carboxylic acids is 1. The number of aryl methyl sites for hydroxylation is 2. The molecular weight excluding hydrogens is 240 g/mol. The van der Waals surface area contributed by atoms with Gasteiger partial charge in [0.2, 0.25) is 0 Å². The maximum Gasteiger partial charge on any atom is 0.356 e. The van der Waals surface area contributed by atoms with Gasteiger partial charge < -0.3 is 10.1 Å². The molecule has 0 spiro atoms. The summed E-state index contributed by atoms with van der Waals surface area (Å²) in [5.41, 5.74) is 1.80. The predicted octanol–water partition coefficient (Wildman–Crippen LogP) is 2.55. The molecule has 5 heteroatoms. The van der Waals surface area contributed by atoms with Crippen LogP contribution in [0.5, 0.6) is 0 Å². The van der Waals surface area contributed by atoms with Crippen LogP contribution >= 0.6 is 11.6 Å². The van der Waals surface area contributed by atoms with Crippen molar-refractivity contribution in [2.45, 2.75) is 12.8 Å².